The highest BCUT2D eigenvalue weighted by Crippen LogP contribution is 2.28. The Morgan fingerprint density at radius 2 is 2.08 bits per heavy atom. The van der Waals surface area contributed by atoms with Gasteiger partial charge in [-0.3, -0.25) is 5.10 Å². The molecule has 0 bridgehead atoms. The van der Waals surface area contributed by atoms with Gasteiger partial charge in [-0.2, -0.15) is 5.10 Å². The zero-order valence-electron chi connectivity index (χ0n) is 7.73. The van der Waals surface area contributed by atoms with E-state index in [4.69, 9.17) is 0 Å². The Labute approximate surface area is 86.4 Å². The number of hydrogen-bond acceptors (Lipinski definition) is 2. The van der Waals surface area contributed by atoms with Gasteiger partial charge in [0.1, 0.15) is 4.60 Å². The van der Waals surface area contributed by atoms with Gasteiger partial charge in [-0.25, -0.2) is 0 Å². The van der Waals surface area contributed by atoms with Crippen molar-refractivity contribution in [1.29, 1.82) is 0 Å². The van der Waals surface area contributed by atoms with E-state index in [1.165, 1.54) is 24.1 Å². The zero-order valence-corrected chi connectivity index (χ0v) is 9.32. The first-order chi connectivity index (χ1) is 6.29. The van der Waals surface area contributed by atoms with Crippen LogP contribution in [0.15, 0.2) is 4.60 Å². The molecule has 4 heteroatoms. The average Bonchev–Trinajstić information content (AvgIpc) is 2.49. The number of halogens is 1. The van der Waals surface area contributed by atoms with E-state index in [0.29, 0.717) is 5.92 Å². The summed E-state index contributed by atoms with van der Waals surface area (Å²) in [6, 6.07) is 0. The van der Waals surface area contributed by atoms with E-state index in [-0.39, 0.29) is 0 Å². The first kappa shape index (κ1) is 9.21. The van der Waals surface area contributed by atoms with Crippen LogP contribution in [0.3, 0.4) is 0 Å². The van der Waals surface area contributed by atoms with Gasteiger partial charge in [0, 0.05) is 17.2 Å². The minimum atomic E-state index is 0.667. The summed E-state index contributed by atoms with van der Waals surface area (Å²) in [5.41, 5.74) is 2.58. The minimum Gasteiger partial charge on any atom is -0.317 e. The van der Waals surface area contributed by atoms with Gasteiger partial charge < -0.3 is 5.32 Å². The molecule has 1 aromatic rings. The van der Waals surface area contributed by atoms with Crippen LogP contribution in [0.25, 0.3) is 0 Å². The highest BCUT2D eigenvalue weighted by molar-refractivity contribution is 9.10. The Morgan fingerprint density at radius 1 is 1.38 bits per heavy atom. The molecule has 0 aromatic carbocycles. The van der Waals surface area contributed by atoms with E-state index in [9.17, 15) is 0 Å². The van der Waals surface area contributed by atoms with Crippen molar-refractivity contribution in [3.05, 3.63) is 15.9 Å². The maximum absolute atomic E-state index is 4.16. The number of hydrogen-bond donors (Lipinski definition) is 2. The maximum Gasteiger partial charge on any atom is 0.131 e. The molecule has 72 valence electrons. The Balaban J connectivity index is 2.18. The second-order valence-electron chi connectivity index (χ2n) is 3.58. The second kappa shape index (κ2) is 3.80. The Kier molecular flexibility index (Phi) is 2.69. The highest BCUT2D eigenvalue weighted by Gasteiger charge is 2.19. The summed E-state index contributed by atoms with van der Waals surface area (Å²) >= 11 is 3.42. The summed E-state index contributed by atoms with van der Waals surface area (Å²) in [4.78, 5) is 0. The topological polar surface area (TPSA) is 40.7 Å². The summed E-state index contributed by atoms with van der Waals surface area (Å²) in [7, 11) is 0. The predicted octanol–water partition coefficient (Wildman–Crippen LogP) is 1.95. The lowest BCUT2D eigenvalue weighted by atomic mass is 9.93. The SMILES string of the molecule is Cc1c(Br)n[nH]c1C1CCNCC1. The van der Waals surface area contributed by atoms with Gasteiger partial charge in [0.05, 0.1) is 0 Å². The fourth-order valence-corrected chi connectivity index (χ4v) is 2.20. The van der Waals surface area contributed by atoms with Crippen molar-refractivity contribution in [2.45, 2.75) is 25.7 Å². The van der Waals surface area contributed by atoms with Crippen molar-refractivity contribution >= 4 is 15.9 Å². The molecule has 1 fully saturated rings. The lowest BCUT2D eigenvalue weighted by Gasteiger charge is -2.21. The van der Waals surface area contributed by atoms with Gasteiger partial charge in [-0.1, -0.05) is 0 Å². The molecule has 0 saturated carbocycles. The van der Waals surface area contributed by atoms with Crippen molar-refractivity contribution in [3.8, 4) is 0 Å². The molecule has 2 rings (SSSR count). The molecule has 0 unspecified atom stereocenters. The number of aromatic nitrogens is 2. The van der Waals surface area contributed by atoms with E-state index in [2.05, 4.69) is 38.4 Å². The molecule has 0 atom stereocenters. The number of rotatable bonds is 1. The quantitative estimate of drug-likeness (QED) is 0.792. The van der Waals surface area contributed by atoms with Gasteiger partial charge in [0.15, 0.2) is 0 Å². The van der Waals surface area contributed by atoms with Crippen LogP contribution >= 0.6 is 15.9 Å². The van der Waals surface area contributed by atoms with Crippen LogP contribution in [-0.2, 0) is 0 Å². The fraction of sp³-hybridized carbons (Fsp3) is 0.667. The largest absolute Gasteiger partial charge is 0.317 e. The Morgan fingerprint density at radius 3 is 2.62 bits per heavy atom. The van der Waals surface area contributed by atoms with Gasteiger partial charge in [-0.05, 0) is 48.8 Å². The van der Waals surface area contributed by atoms with Gasteiger partial charge >= 0.3 is 0 Å². The van der Waals surface area contributed by atoms with E-state index >= 15 is 0 Å². The molecule has 2 N–H and O–H groups in total. The van der Waals surface area contributed by atoms with Crippen molar-refractivity contribution < 1.29 is 0 Å². The maximum atomic E-state index is 4.16. The van der Waals surface area contributed by atoms with Crippen molar-refractivity contribution in [2.75, 3.05) is 13.1 Å². The molecular formula is C9H14BrN3. The molecule has 0 amide bonds. The third-order valence-corrected chi connectivity index (χ3v) is 3.51. The molecule has 1 aromatic heterocycles. The van der Waals surface area contributed by atoms with Gasteiger partial charge in [-0.15, -0.1) is 0 Å². The van der Waals surface area contributed by atoms with Crippen LogP contribution in [0.4, 0.5) is 0 Å². The van der Waals surface area contributed by atoms with Crippen LogP contribution in [0.1, 0.15) is 30.0 Å². The monoisotopic (exact) mass is 243 g/mol. The van der Waals surface area contributed by atoms with Crippen molar-refractivity contribution in [3.63, 3.8) is 0 Å². The Hall–Kier alpha value is -0.350. The smallest absolute Gasteiger partial charge is 0.131 e. The molecular weight excluding hydrogens is 230 g/mol. The summed E-state index contributed by atoms with van der Waals surface area (Å²) in [5.74, 6) is 0.667. The lowest BCUT2D eigenvalue weighted by Crippen LogP contribution is -2.27. The minimum absolute atomic E-state index is 0.667. The number of nitrogens with one attached hydrogen (secondary N) is 2. The summed E-state index contributed by atoms with van der Waals surface area (Å²) in [6.45, 7) is 4.37. The standard InChI is InChI=1S/C9H14BrN3/c1-6-8(12-13-9(6)10)7-2-4-11-5-3-7/h7,11H,2-5H2,1H3,(H,12,13). The van der Waals surface area contributed by atoms with E-state index in [1.807, 2.05) is 0 Å². The first-order valence-electron chi connectivity index (χ1n) is 4.70. The van der Waals surface area contributed by atoms with Crippen LogP contribution < -0.4 is 5.32 Å². The zero-order chi connectivity index (χ0) is 9.26. The van der Waals surface area contributed by atoms with Crippen LogP contribution in [0, 0.1) is 6.92 Å². The summed E-state index contributed by atoms with van der Waals surface area (Å²) in [6.07, 6.45) is 2.44. The third kappa shape index (κ3) is 1.79. The van der Waals surface area contributed by atoms with Gasteiger partial charge in [0.25, 0.3) is 0 Å². The van der Waals surface area contributed by atoms with E-state index in [1.54, 1.807) is 0 Å². The summed E-state index contributed by atoms with van der Waals surface area (Å²) in [5, 5.41) is 10.6. The van der Waals surface area contributed by atoms with Crippen LogP contribution in [-0.4, -0.2) is 23.3 Å². The first-order valence-corrected chi connectivity index (χ1v) is 5.49. The van der Waals surface area contributed by atoms with Crippen LogP contribution in [0.2, 0.25) is 0 Å². The lowest BCUT2D eigenvalue weighted by molar-refractivity contribution is 0.451. The molecule has 13 heavy (non-hydrogen) atoms. The fourth-order valence-electron chi connectivity index (χ4n) is 1.90. The molecule has 2 heterocycles. The summed E-state index contributed by atoms with van der Waals surface area (Å²) < 4.78 is 0.959. The second-order valence-corrected chi connectivity index (χ2v) is 4.33. The van der Waals surface area contributed by atoms with Crippen LogP contribution in [0.5, 0.6) is 0 Å². The highest BCUT2D eigenvalue weighted by atomic mass is 79.9. The van der Waals surface area contributed by atoms with Crippen molar-refractivity contribution in [2.24, 2.45) is 0 Å². The molecule has 0 aliphatic carbocycles. The molecule has 1 aliphatic rings. The van der Waals surface area contributed by atoms with Gasteiger partial charge in [0.2, 0.25) is 0 Å². The number of nitrogens with zero attached hydrogens (tertiary/aromatic N) is 1. The molecule has 1 saturated heterocycles. The molecule has 3 nitrogen and oxygen atoms in total. The molecule has 1 aliphatic heterocycles. The molecule has 0 radical (unpaired) electrons. The molecule has 0 spiro atoms. The average molecular weight is 244 g/mol. The van der Waals surface area contributed by atoms with Crippen molar-refractivity contribution in [1.82, 2.24) is 15.5 Å². The number of H-pyrrole nitrogens is 1. The Bertz CT molecular complexity index is 289. The number of aromatic amines is 1. The third-order valence-electron chi connectivity index (χ3n) is 2.74. The predicted molar refractivity (Wildman–Crippen MR) is 55.9 cm³/mol. The number of piperidine rings is 1. The normalized spacial score (nSPS) is 19.2. The van der Waals surface area contributed by atoms with E-state index < -0.39 is 0 Å². The van der Waals surface area contributed by atoms with E-state index in [0.717, 1.165) is 17.7 Å².